The molecule has 4 N–H and O–H groups in total. The summed E-state index contributed by atoms with van der Waals surface area (Å²) in [5.74, 6) is 0.0697. The number of para-hydroxylation sites is 1. The second-order valence-corrected chi connectivity index (χ2v) is 3.30. The third kappa shape index (κ3) is 4.08. The van der Waals surface area contributed by atoms with Crippen molar-refractivity contribution >= 4 is 5.96 Å². The standard InChI is InChI=1S/C11H15F2N3O2/c1-2-17-8-5-3-4-7(6-16-11(14)15)9(8)18-10(12)13/h3-5,10H,2,6H2,1H3,(H4,14,15,16). The zero-order chi connectivity index (χ0) is 13.5. The van der Waals surface area contributed by atoms with Crippen LogP contribution in [-0.4, -0.2) is 19.2 Å². The predicted molar refractivity (Wildman–Crippen MR) is 63.8 cm³/mol. The summed E-state index contributed by atoms with van der Waals surface area (Å²) in [7, 11) is 0. The molecule has 0 fully saturated rings. The van der Waals surface area contributed by atoms with E-state index >= 15 is 0 Å². The highest BCUT2D eigenvalue weighted by molar-refractivity contribution is 5.75. The Morgan fingerprint density at radius 3 is 2.67 bits per heavy atom. The molecular weight excluding hydrogens is 244 g/mol. The molecule has 0 aliphatic heterocycles. The van der Waals surface area contributed by atoms with Gasteiger partial charge in [0.25, 0.3) is 0 Å². The van der Waals surface area contributed by atoms with Crippen LogP contribution in [0.3, 0.4) is 0 Å². The molecule has 0 unspecified atom stereocenters. The molecule has 0 heterocycles. The number of hydrogen-bond acceptors (Lipinski definition) is 3. The lowest BCUT2D eigenvalue weighted by molar-refractivity contribution is -0.0520. The minimum absolute atomic E-state index is 0.0423. The molecule has 0 amide bonds. The van der Waals surface area contributed by atoms with Gasteiger partial charge in [0.15, 0.2) is 17.5 Å². The second-order valence-electron chi connectivity index (χ2n) is 3.30. The molecule has 0 aliphatic carbocycles. The zero-order valence-electron chi connectivity index (χ0n) is 9.90. The first-order chi connectivity index (χ1) is 8.54. The van der Waals surface area contributed by atoms with E-state index in [1.165, 1.54) is 0 Å². The van der Waals surface area contributed by atoms with Gasteiger partial charge in [-0.1, -0.05) is 12.1 Å². The number of alkyl halides is 2. The molecule has 0 spiro atoms. The van der Waals surface area contributed by atoms with E-state index in [-0.39, 0.29) is 24.0 Å². The largest absolute Gasteiger partial charge is 0.490 e. The van der Waals surface area contributed by atoms with Crippen LogP contribution in [0.5, 0.6) is 11.5 Å². The number of rotatable bonds is 6. The van der Waals surface area contributed by atoms with Gasteiger partial charge in [-0.15, -0.1) is 0 Å². The van der Waals surface area contributed by atoms with Gasteiger partial charge in [-0.3, -0.25) is 0 Å². The fourth-order valence-electron chi connectivity index (χ4n) is 1.35. The highest BCUT2D eigenvalue weighted by atomic mass is 19.3. The summed E-state index contributed by atoms with van der Waals surface area (Å²) in [6.07, 6.45) is 0. The van der Waals surface area contributed by atoms with E-state index in [4.69, 9.17) is 16.2 Å². The first kappa shape index (κ1) is 14.0. The Kier molecular flexibility index (Phi) is 5.16. The number of benzene rings is 1. The minimum Gasteiger partial charge on any atom is -0.490 e. The molecule has 1 aromatic rings. The maximum absolute atomic E-state index is 12.4. The molecule has 100 valence electrons. The molecule has 0 atom stereocenters. The highest BCUT2D eigenvalue weighted by Gasteiger charge is 2.15. The molecule has 1 aromatic carbocycles. The van der Waals surface area contributed by atoms with Gasteiger partial charge in [-0.2, -0.15) is 8.78 Å². The van der Waals surface area contributed by atoms with E-state index in [2.05, 4.69) is 9.73 Å². The van der Waals surface area contributed by atoms with Crippen molar-refractivity contribution in [2.45, 2.75) is 20.1 Å². The maximum Gasteiger partial charge on any atom is 0.387 e. The van der Waals surface area contributed by atoms with Crippen molar-refractivity contribution in [3.8, 4) is 11.5 Å². The summed E-state index contributed by atoms with van der Waals surface area (Å²) >= 11 is 0. The molecule has 0 aliphatic rings. The van der Waals surface area contributed by atoms with Crippen LogP contribution in [0, 0.1) is 0 Å². The zero-order valence-corrected chi connectivity index (χ0v) is 9.90. The Morgan fingerprint density at radius 1 is 1.39 bits per heavy atom. The molecule has 0 aromatic heterocycles. The number of hydrogen-bond donors (Lipinski definition) is 2. The van der Waals surface area contributed by atoms with Crippen molar-refractivity contribution in [2.24, 2.45) is 16.5 Å². The summed E-state index contributed by atoms with van der Waals surface area (Å²) < 4.78 is 34.4. The van der Waals surface area contributed by atoms with Crippen LogP contribution in [-0.2, 0) is 6.54 Å². The first-order valence-corrected chi connectivity index (χ1v) is 5.29. The SMILES string of the molecule is CCOc1cccc(CN=C(N)N)c1OC(F)F. The molecular formula is C11H15F2N3O2. The van der Waals surface area contributed by atoms with E-state index in [0.29, 0.717) is 12.2 Å². The Labute approximate surface area is 103 Å². The fraction of sp³-hybridized carbons (Fsp3) is 0.364. The van der Waals surface area contributed by atoms with Gasteiger partial charge in [0.2, 0.25) is 0 Å². The van der Waals surface area contributed by atoms with Gasteiger partial charge < -0.3 is 20.9 Å². The summed E-state index contributed by atoms with van der Waals surface area (Å²) in [6, 6.07) is 4.79. The monoisotopic (exact) mass is 259 g/mol. The fourth-order valence-corrected chi connectivity index (χ4v) is 1.35. The highest BCUT2D eigenvalue weighted by Crippen LogP contribution is 2.33. The summed E-state index contributed by atoms with van der Waals surface area (Å²) in [4.78, 5) is 3.76. The normalized spacial score (nSPS) is 10.2. The predicted octanol–water partition coefficient (Wildman–Crippen LogP) is 1.46. The van der Waals surface area contributed by atoms with Crippen molar-refractivity contribution in [3.05, 3.63) is 23.8 Å². The van der Waals surface area contributed by atoms with Crippen LogP contribution < -0.4 is 20.9 Å². The van der Waals surface area contributed by atoms with E-state index in [1.54, 1.807) is 25.1 Å². The summed E-state index contributed by atoms with van der Waals surface area (Å²) in [5.41, 5.74) is 10.8. The molecule has 0 saturated carbocycles. The lowest BCUT2D eigenvalue weighted by Gasteiger charge is -2.14. The Balaban J connectivity index is 3.06. The molecule has 0 bridgehead atoms. The number of ether oxygens (including phenoxy) is 2. The van der Waals surface area contributed by atoms with Crippen molar-refractivity contribution in [1.29, 1.82) is 0 Å². The minimum atomic E-state index is -2.94. The van der Waals surface area contributed by atoms with E-state index in [0.717, 1.165) is 0 Å². The number of nitrogens with two attached hydrogens (primary N) is 2. The van der Waals surface area contributed by atoms with Crippen molar-refractivity contribution in [1.82, 2.24) is 0 Å². The third-order valence-electron chi connectivity index (χ3n) is 2.00. The Hall–Kier alpha value is -2.05. The van der Waals surface area contributed by atoms with Gasteiger partial charge in [0.1, 0.15) is 0 Å². The maximum atomic E-state index is 12.4. The van der Waals surface area contributed by atoms with Crippen LogP contribution in [0.1, 0.15) is 12.5 Å². The lowest BCUT2D eigenvalue weighted by atomic mass is 10.2. The molecule has 0 saturated heterocycles. The molecule has 7 heteroatoms. The quantitative estimate of drug-likeness (QED) is 0.598. The average molecular weight is 259 g/mol. The van der Waals surface area contributed by atoms with Crippen LogP contribution >= 0.6 is 0 Å². The van der Waals surface area contributed by atoms with Gasteiger partial charge in [0, 0.05) is 5.56 Å². The number of nitrogens with zero attached hydrogens (tertiary/aromatic N) is 1. The number of aliphatic imine (C=N–C) groups is 1. The van der Waals surface area contributed by atoms with Gasteiger partial charge in [0.05, 0.1) is 13.2 Å². The van der Waals surface area contributed by atoms with E-state index in [9.17, 15) is 8.78 Å². The smallest absolute Gasteiger partial charge is 0.387 e. The first-order valence-electron chi connectivity index (χ1n) is 5.29. The van der Waals surface area contributed by atoms with Crippen molar-refractivity contribution < 1.29 is 18.3 Å². The Bertz CT molecular complexity index is 421. The molecule has 5 nitrogen and oxygen atoms in total. The second kappa shape index (κ2) is 6.63. The van der Waals surface area contributed by atoms with Gasteiger partial charge in [-0.05, 0) is 13.0 Å². The van der Waals surface area contributed by atoms with E-state index < -0.39 is 6.61 Å². The van der Waals surface area contributed by atoms with Crippen LogP contribution in [0.2, 0.25) is 0 Å². The van der Waals surface area contributed by atoms with Gasteiger partial charge in [-0.25, -0.2) is 4.99 Å². The van der Waals surface area contributed by atoms with Crippen LogP contribution in [0.4, 0.5) is 8.78 Å². The van der Waals surface area contributed by atoms with Crippen LogP contribution in [0.25, 0.3) is 0 Å². The van der Waals surface area contributed by atoms with Crippen LogP contribution in [0.15, 0.2) is 23.2 Å². The Morgan fingerprint density at radius 2 is 2.11 bits per heavy atom. The summed E-state index contributed by atoms with van der Waals surface area (Å²) in [5, 5.41) is 0. The van der Waals surface area contributed by atoms with Crippen molar-refractivity contribution in [3.63, 3.8) is 0 Å². The summed E-state index contributed by atoms with van der Waals surface area (Å²) in [6.45, 7) is -0.810. The molecule has 1 rings (SSSR count). The number of halogens is 2. The van der Waals surface area contributed by atoms with Crippen molar-refractivity contribution in [2.75, 3.05) is 6.61 Å². The molecule has 18 heavy (non-hydrogen) atoms. The van der Waals surface area contributed by atoms with Gasteiger partial charge >= 0.3 is 6.61 Å². The molecule has 0 radical (unpaired) electrons. The topological polar surface area (TPSA) is 82.9 Å². The average Bonchev–Trinajstić information content (AvgIpc) is 2.29. The third-order valence-corrected chi connectivity index (χ3v) is 2.00. The number of guanidine groups is 1. The lowest BCUT2D eigenvalue weighted by Crippen LogP contribution is -2.22. The van der Waals surface area contributed by atoms with E-state index in [1.807, 2.05) is 0 Å².